The molecule has 120 valence electrons. The van der Waals surface area contributed by atoms with Gasteiger partial charge in [0.25, 0.3) is 0 Å². The van der Waals surface area contributed by atoms with Crippen LogP contribution in [0, 0.1) is 11.3 Å². The van der Waals surface area contributed by atoms with Crippen molar-refractivity contribution < 1.29 is 0 Å². The lowest BCUT2D eigenvalue weighted by Gasteiger charge is -2.09. The maximum absolute atomic E-state index is 9.12. The third-order valence-electron chi connectivity index (χ3n) is 4.15. The van der Waals surface area contributed by atoms with E-state index in [9.17, 15) is 0 Å². The van der Waals surface area contributed by atoms with Crippen molar-refractivity contribution in [1.82, 2.24) is 8.94 Å². The number of hydrogen-bond donors (Lipinski definition) is 1. The van der Waals surface area contributed by atoms with Crippen LogP contribution in [0.2, 0.25) is 0 Å². The zero-order valence-corrected chi connectivity index (χ0v) is 14.7. The van der Waals surface area contributed by atoms with Crippen LogP contribution in [0.1, 0.15) is 22.5 Å². The molecule has 0 unspecified atom stereocenters. The molecule has 3 aromatic rings. The van der Waals surface area contributed by atoms with Gasteiger partial charge in [0.05, 0.1) is 23.9 Å². The summed E-state index contributed by atoms with van der Waals surface area (Å²) >= 11 is 1.48. The van der Waals surface area contributed by atoms with Gasteiger partial charge >= 0.3 is 0 Å². The lowest BCUT2D eigenvalue weighted by molar-refractivity contribution is 0.684. The fourth-order valence-electron chi connectivity index (χ4n) is 3.25. The highest BCUT2D eigenvalue weighted by molar-refractivity contribution is 7.03. The third kappa shape index (κ3) is 2.96. The number of aromatic nitrogens is 2. The average molecular weight is 367 g/mol. The molecule has 2 N–H and O–H groups in total. The van der Waals surface area contributed by atoms with Gasteiger partial charge in [-0.2, -0.15) is 9.64 Å². The number of rotatable bonds is 2. The zero-order chi connectivity index (χ0) is 14.4. The standard InChI is InChI=1S/C16H14N4S.2ClH/c17-8-10-1-2-15-13(5-10)14-6-11(18)7-16(14)20(15)9-12-3-4-21-19-12;;/h1-5,11H,6-7,9,18H2;2*1H/t11-;;/m1../s1. The predicted octanol–water partition coefficient (Wildman–Crippen LogP) is 3.29. The second kappa shape index (κ2) is 6.90. The molecule has 23 heavy (non-hydrogen) atoms. The molecule has 0 bridgehead atoms. The Kier molecular flexibility index (Phi) is 5.33. The van der Waals surface area contributed by atoms with Crippen LogP contribution in [-0.2, 0) is 19.4 Å². The monoisotopic (exact) mass is 366 g/mol. The molecule has 4 rings (SSSR count). The van der Waals surface area contributed by atoms with Gasteiger partial charge in [0, 0.05) is 34.4 Å². The number of fused-ring (bicyclic) bond motifs is 3. The van der Waals surface area contributed by atoms with E-state index in [4.69, 9.17) is 11.0 Å². The maximum atomic E-state index is 9.12. The molecule has 0 amide bonds. The molecule has 0 saturated carbocycles. The highest BCUT2D eigenvalue weighted by atomic mass is 35.5. The first-order valence-electron chi connectivity index (χ1n) is 6.95. The summed E-state index contributed by atoms with van der Waals surface area (Å²) in [5, 5.41) is 12.3. The van der Waals surface area contributed by atoms with Crippen LogP contribution in [0.4, 0.5) is 0 Å². The van der Waals surface area contributed by atoms with E-state index in [1.165, 1.54) is 33.7 Å². The van der Waals surface area contributed by atoms with Crippen LogP contribution < -0.4 is 5.73 Å². The molecule has 7 heteroatoms. The lowest BCUT2D eigenvalue weighted by atomic mass is 10.1. The summed E-state index contributed by atoms with van der Waals surface area (Å²) in [6, 6.07) is 10.4. The van der Waals surface area contributed by atoms with Crippen molar-refractivity contribution in [3.05, 3.63) is 52.2 Å². The second-order valence-electron chi connectivity index (χ2n) is 5.51. The van der Waals surface area contributed by atoms with Crippen LogP contribution >= 0.6 is 36.3 Å². The minimum absolute atomic E-state index is 0. The highest BCUT2D eigenvalue weighted by Crippen LogP contribution is 2.33. The van der Waals surface area contributed by atoms with E-state index < -0.39 is 0 Å². The summed E-state index contributed by atoms with van der Waals surface area (Å²) < 4.78 is 6.73. The summed E-state index contributed by atoms with van der Waals surface area (Å²) in [4.78, 5) is 0. The van der Waals surface area contributed by atoms with E-state index in [1.54, 1.807) is 0 Å². The SMILES string of the molecule is Cl.Cl.N#Cc1ccc2c(c1)c1c(n2Cc2ccsn2)C[C@H](N)C1. The molecule has 1 aliphatic rings. The Morgan fingerprint density at radius 2 is 2.13 bits per heavy atom. The Morgan fingerprint density at radius 3 is 2.83 bits per heavy atom. The molecule has 2 heterocycles. The normalized spacial score (nSPS) is 15.6. The zero-order valence-electron chi connectivity index (χ0n) is 12.2. The fourth-order valence-corrected chi connectivity index (χ4v) is 3.78. The highest BCUT2D eigenvalue weighted by Gasteiger charge is 2.26. The van der Waals surface area contributed by atoms with Crippen molar-refractivity contribution in [3.63, 3.8) is 0 Å². The van der Waals surface area contributed by atoms with Gasteiger partial charge in [-0.25, -0.2) is 0 Å². The summed E-state index contributed by atoms with van der Waals surface area (Å²) in [5.41, 5.74) is 11.7. The predicted molar refractivity (Wildman–Crippen MR) is 97.7 cm³/mol. The number of halogens is 2. The minimum Gasteiger partial charge on any atom is -0.338 e. The van der Waals surface area contributed by atoms with Crippen molar-refractivity contribution in [1.29, 1.82) is 5.26 Å². The fraction of sp³-hybridized carbons (Fsp3) is 0.250. The smallest absolute Gasteiger partial charge is 0.0991 e. The number of nitrogens with zero attached hydrogens (tertiary/aromatic N) is 3. The van der Waals surface area contributed by atoms with E-state index in [2.05, 4.69) is 21.1 Å². The molecule has 1 atom stereocenters. The lowest BCUT2D eigenvalue weighted by Crippen LogP contribution is -2.20. The summed E-state index contributed by atoms with van der Waals surface area (Å²) in [7, 11) is 0. The molecule has 0 aliphatic heterocycles. The van der Waals surface area contributed by atoms with Gasteiger partial charge in [-0.15, -0.1) is 24.8 Å². The number of nitriles is 1. The van der Waals surface area contributed by atoms with Crippen molar-refractivity contribution in [2.45, 2.75) is 25.4 Å². The van der Waals surface area contributed by atoms with Crippen LogP contribution in [0.15, 0.2) is 29.6 Å². The Bertz CT molecular complexity index is 864. The average Bonchev–Trinajstić information content (AvgIpc) is 3.18. The van der Waals surface area contributed by atoms with Crippen molar-refractivity contribution in [3.8, 4) is 6.07 Å². The van der Waals surface area contributed by atoms with E-state index in [0.717, 1.165) is 25.1 Å². The summed E-state index contributed by atoms with van der Waals surface area (Å²) in [5.74, 6) is 0. The molecule has 4 nitrogen and oxygen atoms in total. The Labute approximate surface area is 150 Å². The largest absolute Gasteiger partial charge is 0.338 e. The third-order valence-corrected chi connectivity index (χ3v) is 4.75. The molecule has 2 aromatic heterocycles. The van der Waals surface area contributed by atoms with Gasteiger partial charge in [0.15, 0.2) is 0 Å². The van der Waals surface area contributed by atoms with E-state index in [0.29, 0.717) is 5.56 Å². The van der Waals surface area contributed by atoms with Crippen molar-refractivity contribution in [2.24, 2.45) is 5.73 Å². The maximum Gasteiger partial charge on any atom is 0.0991 e. The molecular weight excluding hydrogens is 351 g/mol. The topological polar surface area (TPSA) is 67.6 Å². The van der Waals surface area contributed by atoms with Crippen LogP contribution in [0.25, 0.3) is 10.9 Å². The van der Waals surface area contributed by atoms with E-state index >= 15 is 0 Å². The number of hydrogen-bond acceptors (Lipinski definition) is 4. The number of nitrogens with two attached hydrogens (primary N) is 1. The molecular formula is C16H16Cl2N4S. The molecule has 0 radical (unpaired) electrons. The van der Waals surface area contributed by atoms with Crippen LogP contribution in [0.5, 0.6) is 0 Å². The quantitative estimate of drug-likeness (QED) is 0.756. The number of benzene rings is 1. The molecule has 0 saturated heterocycles. The van der Waals surface area contributed by atoms with Crippen molar-refractivity contribution in [2.75, 3.05) is 0 Å². The van der Waals surface area contributed by atoms with Gasteiger partial charge in [-0.05, 0) is 47.8 Å². The van der Waals surface area contributed by atoms with Gasteiger partial charge < -0.3 is 10.3 Å². The van der Waals surface area contributed by atoms with Crippen LogP contribution in [0.3, 0.4) is 0 Å². The van der Waals surface area contributed by atoms with Gasteiger partial charge in [-0.3, -0.25) is 0 Å². The van der Waals surface area contributed by atoms with Crippen LogP contribution in [-0.4, -0.2) is 15.0 Å². The Balaban J connectivity index is 0.000000960. The van der Waals surface area contributed by atoms with Gasteiger partial charge in [0.1, 0.15) is 0 Å². The Morgan fingerprint density at radius 1 is 1.30 bits per heavy atom. The minimum atomic E-state index is 0. The first kappa shape index (κ1) is 17.8. The molecule has 0 spiro atoms. The van der Waals surface area contributed by atoms with Gasteiger partial charge in [-0.1, -0.05) is 0 Å². The molecule has 0 fully saturated rings. The van der Waals surface area contributed by atoms with E-state index in [-0.39, 0.29) is 30.9 Å². The first-order valence-corrected chi connectivity index (χ1v) is 7.79. The van der Waals surface area contributed by atoms with E-state index in [1.807, 2.05) is 23.6 Å². The first-order chi connectivity index (χ1) is 10.3. The second-order valence-corrected chi connectivity index (χ2v) is 6.18. The summed E-state index contributed by atoms with van der Waals surface area (Å²) in [6.45, 7) is 0.772. The van der Waals surface area contributed by atoms with Gasteiger partial charge in [0.2, 0.25) is 0 Å². The molecule has 1 aromatic carbocycles. The van der Waals surface area contributed by atoms with Crippen molar-refractivity contribution >= 4 is 47.2 Å². The summed E-state index contributed by atoms with van der Waals surface area (Å²) in [6.07, 6.45) is 1.79. The molecule has 1 aliphatic carbocycles. The Hall–Kier alpha value is -1.58.